The van der Waals surface area contributed by atoms with Crippen molar-refractivity contribution in [1.29, 1.82) is 0 Å². The first kappa shape index (κ1) is 15.5. The van der Waals surface area contributed by atoms with Gasteiger partial charge in [-0.2, -0.15) is 13.2 Å². The first-order valence-electron chi connectivity index (χ1n) is 6.00. The molecule has 1 aromatic carbocycles. The van der Waals surface area contributed by atoms with E-state index in [4.69, 9.17) is 5.73 Å². The molecule has 0 saturated heterocycles. The Labute approximate surface area is 110 Å². The van der Waals surface area contributed by atoms with Crippen LogP contribution in [0.1, 0.15) is 31.4 Å². The Kier molecular flexibility index (Phi) is 4.94. The fourth-order valence-corrected chi connectivity index (χ4v) is 1.55. The number of carbonyl (C=O) groups is 1. The van der Waals surface area contributed by atoms with E-state index in [0.29, 0.717) is 6.42 Å². The van der Waals surface area contributed by atoms with E-state index >= 15 is 0 Å². The lowest BCUT2D eigenvalue weighted by Gasteiger charge is -2.15. The average Bonchev–Trinajstić information content (AvgIpc) is 2.36. The number of alkyl halides is 3. The third kappa shape index (κ3) is 3.96. The number of benzene rings is 1. The van der Waals surface area contributed by atoms with Crippen molar-refractivity contribution >= 4 is 11.6 Å². The fourth-order valence-electron chi connectivity index (χ4n) is 1.55. The van der Waals surface area contributed by atoms with Gasteiger partial charge in [0.05, 0.1) is 5.56 Å². The fraction of sp³-hybridized carbons (Fsp3) is 0.462. The van der Waals surface area contributed by atoms with Crippen molar-refractivity contribution in [3.63, 3.8) is 0 Å². The highest BCUT2D eigenvalue weighted by molar-refractivity contribution is 5.92. The minimum atomic E-state index is -4.48. The van der Waals surface area contributed by atoms with E-state index in [9.17, 15) is 18.0 Å². The van der Waals surface area contributed by atoms with Gasteiger partial charge in [0.25, 0.3) is 0 Å². The van der Waals surface area contributed by atoms with Crippen molar-refractivity contribution in [3.8, 4) is 0 Å². The highest BCUT2D eigenvalue weighted by Gasteiger charge is 2.33. The van der Waals surface area contributed by atoms with E-state index < -0.39 is 11.7 Å². The molecule has 0 aliphatic carbocycles. The van der Waals surface area contributed by atoms with Gasteiger partial charge in [-0.05, 0) is 24.1 Å². The van der Waals surface area contributed by atoms with Crippen LogP contribution in [0.2, 0.25) is 0 Å². The molecule has 3 N–H and O–H groups in total. The van der Waals surface area contributed by atoms with Crippen LogP contribution in [0.4, 0.5) is 18.9 Å². The minimum Gasteiger partial charge on any atom is -0.326 e. The van der Waals surface area contributed by atoms with Crippen LogP contribution in [0.3, 0.4) is 0 Å². The summed E-state index contributed by atoms with van der Waals surface area (Å²) in [5.74, 6) is -0.542. The predicted octanol–water partition coefficient (Wildman–Crippen LogP) is 3.15. The summed E-state index contributed by atoms with van der Waals surface area (Å²) in [5, 5.41) is 2.48. The number of nitrogens with one attached hydrogen (secondary N) is 1. The zero-order valence-corrected chi connectivity index (χ0v) is 10.8. The van der Waals surface area contributed by atoms with Gasteiger partial charge in [0.2, 0.25) is 5.91 Å². The lowest BCUT2D eigenvalue weighted by molar-refractivity contribution is -0.138. The molecule has 0 bridgehead atoms. The molecule has 1 unspecified atom stereocenters. The van der Waals surface area contributed by atoms with Gasteiger partial charge in [-0.3, -0.25) is 4.79 Å². The van der Waals surface area contributed by atoms with E-state index in [-0.39, 0.29) is 29.6 Å². The summed E-state index contributed by atoms with van der Waals surface area (Å²) in [6, 6.07) is 3.63. The molecule has 0 aliphatic heterocycles. The standard InChI is InChI=1S/C13H17F3N2O/c1-3-8(2)12(19)18-10-5-4-9(7-17)11(6-10)13(14,15)16/h4-6,8H,3,7,17H2,1-2H3,(H,18,19). The monoisotopic (exact) mass is 274 g/mol. The van der Waals surface area contributed by atoms with Crippen molar-refractivity contribution in [2.45, 2.75) is 33.0 Å². The quantitative estimate of drug-likeness (QED) is 0.886. The molecular weight excluding hydrogens is 257 g/mol. The molecule has 0 aliphatic rings. The molecule has 0 aromatic heterocycles. The first-order valence-corrected chi connectivity index (χ1v) is 6.00. The van der Waals surface area contributed by atoms with Gasteiger partial charge < -0.3 is 11.1 Å². The van der Waals surface area contributed by atoms with E-state index in [2.05, 4.69) is 5.32 Å². The second-order valence-electron chi connectivity index (χ2n) is 4.37. The molecule has 0 spiro atoms. The van der Waals surface area contributed by atoms with Crippen molar-refractivity contribution in [3.05, 3.63) is 29.3 Å². The third-order valence-electron chi connectivity index (χ3n) is 2.96. The smallest absolute Gasteiger partial charge is 0.326 e. The van der Waals surface area contributed by atoms with Crippen LogP contribution in [0.5, 0.6) is 0 Å². The van der Waals surface area contributed by atoms with Crippen molar-refractivity contribution in [2.24, 2.45) is 11.7 Å². The Balaban J connectivity index is 3.02. The number of hydrogen-bond acceptors (Lipinski definition) is 2. The lowest BCUT2D eigenvalue weighted by Crippen LogP contribution is -2.20. The summed E-state index contributed by atoms with van der Waals surface area (Å²) in [7, 11) is 0. The van der Waals surface area contributed by atoms with Crippen LogP contribution in [0, 0.1) is 5.92 Å². The number of carbonyl (C=O) groups excluding carboxylic acids is 1. The largest absolute Gasteiger partial charge is 0.416 e. The third-order valence-corrected chi connectivity index (χ3v) is 2.96. The number of anilines is 1. The molecule has 1 atom stereocenters. The molecular formula is C13H17F3N2O. The van der Waals surface area contributed by atoms with Crippen LogP contribution in [-0.2, 0) is 17.5 Å². The minimum absolute atomic E-state index is 0.00837. The summed E-state index contributed by atoms with van der Waals surface area (Å²) < 4.78 is 38.4. The Morgan fingerprint density at radius 3 is 2.53 bits per heavy atom. The Morgan fingerprint density at radius 1 is 1.42 bits per heavy atom. The summed E-state index contributed by atoms with van der Waals surface area (Å²) >= 11 is 0. The van der Waals surface area contributed by atoms with Crippen molar-refractivity contribution in [1.82, 2.24) is 0 Å². The molecule has 0 fully saturated rings. The maximum Gasteiger partial charge on any atom is 0.416 e. The van der Waals surface area contributed by atoms with E-state index in [1.54, 1.807) is 6.92 Å². The van der Waals surface area contributed by atoms with Gasteiger partial charge >= 0.3 is 6.18 Å². The highest BCUT2D eigenvalue weighted by Crippen LogP contribution is 2.33. The van der Waals surface area contributed by atoms with Crippen LogP contribution >= 0.6 is 0 Å². The molecule has 1 amide bonds. The molecule has 0 radical (unpaired) electrons. The predicted molar refractivity (Wildman–Crippen MR) is 67.4 cm³/mol. The van der Waals surface area contributed by atoms with Crippen LogP contribution in [0.25, 0.3) is 0 Å². The SMILES string of the molecule is CCC(C)C(=O)Nc1ccc(CN)c(C(F)(F)F)c1. The maximum atomic E-state index is 12.8. The molecule has 19 heavy (non-hydrogen) atoms. The zero-order chi connectivity index (χ0) is 14.6. The Morgan fingerprint density at radius 2 is 2.05 bits per heavy atom. The second-order valence-corrected chi connectivity index (χ2v) is 4.37. The van der Waals surface area contributed by atoms with Gasteiger partial charge in [0.15, 0.2) is 0 Å². The molecule has 0 heterocycles. The summed E-state index contributed by atoms with van der Waals surface area (Å²) in [6.45, 7) is 3.35. The van der Waals surface area contributed by atoms with Gasteiger partial charge in [-0.25, -0.2) is 0 Å². The molecule has 0 saturated carbocycles. The molecule has 3 nitrogen and oxygen atoms in total. The van der Waals surface area contributed by atoms with Crippen LogP contribution < -0.4 is 11.1 Å². The average molecular weight is 274 g/mol. The highest BCUT2D eigenvalue weighted by atomic mass is 19.4. The second kappa shape index (κ2) is 6.06. The van der Waals surface area contributed by atoms with E-state index in [1.165, 1.54) is 12.1 Å². The summed E-state index contributed by atoms with van der Waals surface area (Å²) in [5.41, 5.74) is 4.62. The van der Waals surface area contributed by atoms with Crippen molar-refractivity contribution in [2.75, 3.05) is 5.32 Å². The lowest BCUT2D eigenvalue weighted by atomic mass is 10.0. The van der Waals surface area contributed by atoms with Crippen LogP contribution in [-0.4, -0.2) is 5.91 Å². The molecule has 1 aromatic rings. The van der Waals surface area contributed by atoms with Gasteiger partial charge in [0, 0.05) is 18.2 Å². The topological polar surface area (TPSA) is 55.1 Å². The van der Waals surface area contributed by atoms with Gasteiger partial charge in [-0.1, -0.05) is 19.9 Å². The van der Waals surface area contributed by atoms with Crippen molar-refractivity contribution < 1.29 is 18.0 Å². The Bertz CT molecular complexity index is 458. The zero-order valence-electron chi connectivity index (χ0n) is 10.8. The summed E-state index contributed by atoms with van der Waals surface area (Å²) in [6.07, 6.45) is -3.86. The van der Waals surface area contributed by atoms with Gasteiger partial charge in [-0.15, -0.1) is 0 Å². The molecule has 1 rings (SSSR count). The summed E-state index contributed by atoms with van der Waals surface area (Å²) in [4.78, 5) is 11.6. The molecule has 106 valence electrons. The number of nitrogens with two attached hydrogens (primary N) is 1. The normalized spacial score (nSPS) is 13.2. The number of halogens is 3. The van der Waals surface area contributed by atoms with E-state index in [1.807, 2.05) is 6.92 Å². The van der Waals surface area contributed by atoms with Gasteiger partial charge in [0.1, 0.15) is 0 Å². The number of rotatable bonds is 4. The van der Waals surface area contributed by atoms with Crippen LogP contribution in [0.15, 0.2) is 18.2 Å². The first-order chi connectivity index (χ1) is 8.79. The number of hydrogen-bond donors (Lipinski definition) is 2. The number of amides is 1. The maximum absolute atomic E-state index is 12.8. The van der Waals surface area contributed by atoms with E-state index in [0.717, 1.165) is 6.07 Å². The molecule has 6 heteroatoms. The Hall–Kier alpha value is -1.56.